The van der Waals surface area contributed by atoms with Crippen molar-refractivity contribution in [1.29, 1.82) is 0 Å². The van der Waals surface area contributed by atoms with Crippen LogP contribution in [0, 0.1) is 12.8 Å². The highest BCUT2D eigenvalue weighted by Gasteiger charge is 2.14. The Morgan fingerprint density at radius 1 is 1.41 bits per heavy atom. The van der Waals surface area contributed by atoms with E-state index in [9.17, 15) is 0 Å². The molecule has 0 saturated carbocycles. The lowest BCUT2D eigenvalue weighted by Crippen LogP contribution is -2.32. The smallest absolute Gasteiger partial charge is 0.0943 e. The third-order valence-electron chi connectivity index (χ3n) is 3.05. The first-order valence-electron chi connectivity index (χ1n) is 6.80. The number of aromatic nitrogens is 1. The van der Waals surface area contributed by atoms with Crippen LogP contribution in [0.4, 0.5) is 0 Å². The van der Waals surface area contributed by atoms with Crippen molar-refractivity contribution in [3.63, 3.8) is 0 Å². The van der Waals surface area contributed by atoms with Gasteiger partial charge in [0, 0.05) is 23.5 Å². The molecule has 1 heterocycles. The van der Waals surface area contributed by atoms with Gasteiger partial charge in [0.1, 0.15) is 0 Å². The molecule has 2 atom stereocenters. The van der Waals surface area contributed by atoms with Gasteiger partial charge in [-0.2, -0.15) is 0 Å². The van der Waals surface area contributed by atoms with Crippen molar-refractivity contribution >= 4 is 11.3 Å². The van der Waals surface area contributed by atoms with Gasteiger partial charge >= 0.3 is 0 Å². The zero-order chi connectivity index (χ0) is 12.7. The number of hydrogen-bond donors (Lipinski definition) is 1. The molecule has 0 amide bonds. The predicted octanol–water partition coefficient (Wildman–Crippen LogP) is 3.80. The van der Waals surface area contributed by atoms with Crippen molar-refractivity contribution in [2.45, 2.75) is 59.4 Å². The topological polar surface area (TPSA) is 24.9 Å². The molecule has 0 aromatic carbocycles. The van der Waals surface area contributed by atoms with Crippen LogP contribution in [0.15, 0.2) is 5.38 Å². The Hall–Kier alpha value is -0.410. The minimum absolute atomic E-state index is 0.590. The molecule has 2 nitrogen and oxygen atoms in total. The van der Waals surface area contributed by atoms with Gasteiger partial charge in [-0.05, 0) is 25.8 Å². The Morgan fingerprint density at radius 3 is 2.71 bits per heavy atom. The average Bonchev–Trinajstić information content (AvgIpc) is 2.64. The van der Waals surface area contributed by atoms with Crippen molar-refractivity contribution in [2.75, 3.05) is 6.54 Å². The molecule has 0 aliphatic heterocycles. The second-order valence-corrected chi connectivity index (χ2v) is 5.91. The summed E-state index contributed by atoms with van der Waals surface area (Å²) in [6.07, 6.45) is 4.97. The summed E-state index contributed by atoms with van der Waals surface area (Å²) in [6.45, 7) is 9.93. The van der Waals surface area contributed by atoms with Gasteiger partial charge in [0.2, 0.25) is 0 Å². The molecule has 98 valence electrons. The van der Waals surface area contributed by atoms with Crippen LogP contribution in [0.5, 0.6) is 0 Å². The summed E-state index contributed by atoms with van der Waals surface area (Å²) in [5, 5.41) is 7.02. The number of hydrogen-bond acceptors (Lipinski definition) is 3. The van der Waals surface area contributed by atoms with E-state index in [1.807, 2.05) is 0 Å². The summed E-state index contributed by atoms with van der Waals surface area (Å²) in [5.74, 6) is 0.810. The summed E-state index contributed by atoms with van der Waals surface area (Å²) in [4.78, 5) is 4.56. The lowest BCUT2D eigenvalue weighted by molar-refractivity contribution is 0.385. The normalized spacial score (nSPS) is 14.8. The maximum absolute atomic E-state index is 4.56. The van der Waals surface area contributed by atoms with E-state index in [0.29, 0.717) is 6.04 Å². The van der Waals surface area contributed by atoms with E-state index in [2.05, 4.69) is 43.4 Å². The van der Waals surface area contributed by atoms with Crippen LogP contribution in [-0.4, -0.2) is 17.6 Å². The van der Waals surface area contributed by atoms with Gasteiger partial charge in [-0.3, -0.25) is 0 Å². The van der Waals surface area contributed by atoms with Crippen LogP contribution >= 0.6 is 11.3 Å². The maximum atomic E-state index is 4.56. The summed E-state index contributed by atoms with van der Waals surface area (Å²) >= 11 is 1.79. The van der Waals surface area contributed by atoms with Gasteiger partial charge in [-0.25, -0.2) is 4.98 Å². The van der Waals surface area contributed by atoms with Crippen molar-refractivity contribution in [1.82, 2.24) is 10.3 Å². The number of aryl methyl sites for hydroxylation is 1. The summed E-state index contributed by atoms with van der Waals surface area (Å²) in [5.41, 5.74) is 1.15. The molecule has 0 saturated heterocycles. The highest BCUT2D eigenvalue weighted by atomic mass is 32.1. The Labute approximate surface area is 110 Å². The number of nitrogens with zero attached hydrogens (tertiary/aromatic N) is 1. The van der Waals surface area contributed by atoms with E-state index >= 15 is 0 Å². The molecule has 3 heteroatoms. The first kappa shape index (κ1) is 14.7. The molecule has 0 aliphatic carbocycles. The van der Waals surface area contributed by atoms with Crippen molar-refractivity contribution < 1.29 is 0 Å². The first-order valence-corrected chi connectivity index (χ1v) is 7.68. The monoisotopic (exact) mass is 254 g/mol. The van der Waals surface area contributed by atoms with E-state index < -0.39 is 0 Å². The molecular weight excluding hydrogens is 228 g/mol. The number of thiazole rings is 1. The van der Waals surface area contributed by atoms with Crippen molar-refractivity contribution in [3.8, 4) is 0 Å². The SMILES string of the molecule is CCCC(C)CC(Cc1nc(C)cs1)NCC. The Kier molecular flexibility index (Phi) is 6.75. The molecule has 0 bridgehead atoms. The standard InChI is InChI=1S/C14H26N2S/c1-5-7-11(3)8-13(15-6-2)9-14-16-12(4)10-17-14/h10-11,13,15H,5-9H2,1-4H3. The van der Waals surface area contributed by atoms with E-state index in [1.165, 1.54) is 24.3 Å². The quantitative estimate of drug-likeness (QED) is 0.763. The molecule has 0 fully saturated rings. The Bertz CT molecular complexity index is 309. The zero-order valence-corrected chi connectivity index (χ0v) is 12.4. The van der Waals surface area contributed by atoms with E-state index in [0.717, 1.165) is 24.6 Å². The number of likely N-dealkylation sites (N-methyl/N-ethyl adjacent to an activating group) is 1. The van der Waals surface area contributed by atoms with Gasteiger partial charge in [-0.15, -0.1) is 11.3 Å². The minimum Gasteiger partial charge on any atom is -0.314 e. The van der Waals surface area contributed by atoms with Gasteiger partial charge in [0.05, 0.1) is 5.01 Å². The summed E-state index contributed by atoms with van der Waals surface area (Å²) in [6, 6.07) is 0.590. The molecule has 0 radical (unpaired) electrons. The highest BCUT2D eigenvalue weighted by molar-refractivity contribution is 7.09. The first-order chi connectivity index (χ1) is 8.15. The summed E-state index contributed by atoms with van der Waals surface area (Å²) < 4.78 is 0. The van der Waals surface area contributed by atoms with Gasteiger partial charge < -0.3 is 5.32 Å². The molecule has 1 rings (SSSR count). The lowest BCUT2D eigenvalue weighted by atomic mass is 9.95. The Balaban J connectivity index is 2.47. The Morgan fingerprint density at radius 2 is 2.18 bits per heavy atom. The molecule has 17 heavy (non-hydrogen) atoms. The zero-order valence-electron chi connectivity index (χ0n) is 11.6. The summed E-state index contributed by atoms with van der Waals surface area (Å²) in [7, 11) is 0. The molecule has 1 aromatic heterocycles. The minimum atomic E-state index is 0.590. The fourth-order valence-electron chi connectivity index (χ4n) is 2.33. The fourth-order valence-corrected chi connectivity index (χ4v) is 3.18. The van der Waals surface area contributed by atoms with Crippen LogP contribution in [0.1, 0.15) is 50.7 Å². The third-order valence-corrected chi connectivity index (χ3v) is 4.04. The second-order valence-electron chi connectivity index (χ2n) is 4.97. The number of rotatable bonds is 8. The highest BCUT2D eigenvalue weighted by Crippen LogP contribution is 2.17. The molecule has 0 spiro atoms. The predicted molar refractivity (Wildman–Crippen MR) is 76.7 cm³/mol. The van der Waals surface area contributed by atoms with Crippen LogP contribution < -0.4 is 5.32 Å². The lowest BCUT2D eigenvalue weighted by Gasteiger charge is -2.20. The van der Waals surface area contributed by atoms with Gasteiger partial charge in [0.15, 0.2) is 0 Å². The molecule has 1 aromatic rings. The molecular formula is C14H26N2S. The van der Waals surface area contributed by atoms with Crippen LogP contribution in [0.25, 0.3) is 0 Å². The average molecular weight is 254 g/mol. The molecule has 2 unspecified atom stereocenters. The van der Waals surface area contributed by atoms with Crippen LogP contribution in [0.3, 0.4) is 0 Å². The van der Waals surface area contributed by atoms with Crippen molar-refractivity contribution in [2.24, 2.45) is 5.92 Å². The van der Waals surface area contributed by atoms with E-state index in [4.69, 9.17) is 0 Å². The fraction of sp³-hybridized carbons (Fsp3) is 0.786. The van der Waals surface area contributed by atoms with Gasteiger partial charge in [-0.1, -0.05) is 33.6 Å². The molecule has 0 aliphatic rings. The second kappa shape index (κ2) is 7.83. The van der Waals surface area contributed by atoms with E-state index in [-0.39, 0.29) is 0 Å². The number of nitrogens with one attached hydrogen (secondary N) is 1. The maximum Gasteiger partial charge on any atom is 0.0943 e. The van der Waals surface area contributed by atoms with E-state index in [1.54, 1.807) is 11.3 Å². The third kappa shape index (κ3) is 5.64. The van der Waals surface area contributed by atoms with Crippen LogP contribution in [0.2, 0.25) is 0 Å². The van der Waals surface area contributed by atoms with Crippen LogP contribution in [-0.2, 0) is 6.42 Å². The van der Waals surface area contributed by atoms with Gasteiger partial charge in [0.25, 0.3) is 0 Å². The molecule has 1 N–H and O–H groups in total. The van der Waals surface area contributed by atoms with Crippen molar-refractivity contribution in [3.05, 3.63) is 16.1 Å². The largest absolute Gasteiger partial charge is 0.314 e.